The number of Topliss-reactive ketones (excluding diaryl/α,β-unsaturated/α-hetero) is 1. The fraction of sp³-hybridized carbons (Fsp3) is 0.300. The predicted molar refractivity (Wildman–Crippen MR) is 110 cm³/mol. The van der Waals surface area contributed by atoms with E-state index in [-0.39, 0.29) is 11.7 Å². The second-order valence-electron chi connectivity index (χ2n) is 6.75. The Morgan fingerprint density at radius 2 is 1.93 bits per heavy atom. The molecule has 152 valence electrons. The minimum atomic E-state index is -0.430. The summed E-state index contributed by atoms with van der Waals surface area (Å²) in [5.41, 5.74) is 2.38. The number of aryl methyl sites for hydroxylation is 2. The molecule has 0 bridgehead atoms. The molecule has 1 aromatic heterocycles. The minimum Gasteiger partial charge on any atom is -0.306 e. The van der Waals surface area contributed by atoms with Crippen molar-refractivity contribution in [2.24, 2.45) is 7.05 Å². The Bertz CT molecular complexity index is 998. The summed E-state index contributed by atoms with van der Waals surface area (Å²) < 4.78 is 1.53. The molecule has 2 aromatic rings. The first-order valence-corrected chi connectivity index (χ1v) is 9.54. The zero-order valence-corrected chi connectivity index (χ0v) is 17.2. The Balaban J connectivity index is 1.71. The molecule has 1 saturated heterocycles. The number of carbonyl (C=O) groups is 3. The number of nitrogens with one attached hydrogen (secondary N) is 1. The van der Waals surface area contributed by atoms with Gasteiger partial charge in [0.1, 0.15) is 5.15 Å². The zero-order valence-electron chi connectivity index (χ0n) is 16.5. The molecule has 3 rings (SSSR count). The highest BCUT2D eigenvalue weighted by atomic mass is 35.5. The molecule has 1 N–H and O–H groups in total. The number of hydrazine groups is 1. The number of benzene rings is 1. The highest BCUT2D eigenvalue weighted by Crippen LogP contribution is 2.21. The molecule has 1 aliphatic heterocycles. The van der Waals surface area contributed by atoms with Gasteiger partial charge in [-0.2, -0.15) is 5.10 Å². The van der Waals surface area contributed by atoms with Gasteiger partial charge in [0.05, 0.1) is 5.69 Å². The van der Waals surface area contributed by atoms with Crippen LogP contribution in [0.4, 0.5) is 10.5 Å². The fourth-order valence-corrected chi connectivity index (χ4v) is 3.37. The van der Waals surface area contributed by atoms with Gasteiger partial charge >= 0.3 is 6.03 Å². The molecule has 8 nitrogen and oxygen atoms in total. The number of amides is 3. The van der Waals surface area contributed by atoms with Crippen LogP contribution in [-0.2, 0) is 11.8 Å². The zero-order chi connectivity index (χ0) is 21.1. The normalized spacial score (nSPS) is 13.9. The van der Waals surface area contributed by atoms with Crippen LogP contribution < -0.4 is 5.32 Å². The number of carbonyl (C=O) groups excluding carboxylic acids is 3. The van der Waals surface area contributed by atoms with Crippen molar-refractivity contribution in [1.29, 1.82) is 0 Å². The first-order valence-electron chi connectivity index (χ1n) is 9.16. The van der Waals surface area contributed by atoms with E-state index in [0.29, 0.717) is 47.2 Å². The van der Waals surface area contributed by atoms with Crippen LogP contribution in [0.15, 0.2) is 30.3 Å². The summed E-state index contributed by atoms with van der Waals surface area (Å²) >= 11 is 6.19. The third-order valence-corrected chi connectivity index (χ3v) is 5.08. The lowest BCUT2D eigenvalue weighted by molar-refractivity contribution is -0.134. The van der Waals surface area contributed by atoms with Crippen molar-refractivity contribution >= 4 is 41.1 Å². The van der Waals surface area contributed by atoms with Gasteiger partial charge in [-0.05, 0) is 38.5 Å². The van der Waals surface area contributed by atoms with Crippen LogP contribution in [0.2, 0.25) is 5.15 Å². The Kier molecular flexibility index (Phi) is 6.03. The van der Waals surface area contributed by atoms with Gasteiger partial charge in [-0.25, -0.2) is 14.8 Å². The van der Waals surface area contributed by atoms with E-state index in [4.69, 9.17) is 11.6 Å². The molecule has 0 unspecified atom stereocenters. The van der Waals surface area contributed by atoms with Crippen molar-refractivity contribution in [3.05, 3.63) is 52.3 Å². The van der Waals surface area contributed by atoms with Crippen LogP contribution in [0.1, 0.15) is 35.0 Å². The van der Waals surface area contributed by atoms with Crippen LogP contribution in [0.3, 0.4) is 0 Å². The number of hydrogen-bond donors (Lipinski definition) is 1. The summed E-state index contributed by atoms with van der Waals surface area (Å²) in [6.07, 6.45) is 3.67. The summed E-state index contributed by atoms with van der Waals surface area (Å²) in [4.78, 5) is 36.9. The summed E-state index contributed by atoms with van der Waals surface area (Å²) in [6, 6.07) is 6.25. The molecule has 0 radical (unpaired) electrons. The number of nitrogens with zero attached hydrogens (tertiary/aromatic N) is 4. The van der Waals surface area contributed by atoms with Gasteiger partial charge in [0.15, 0.2) is 5.78 Å². The lowest BCUT2D eigenvalue weighted by Crippen LogP contribution is -2.46. The summed E-state index contributed by atoms with van der Waals surface area (Å²) in [5, 5.41) is 10.1. The molecule has 0 atom stereocenters. The number of aromatic nitrogens is 2. The quantitative estimate of drug-likeness (QED) is 0.613. The number of ketones is 1. The number of urea groups is 1. The molecule has 29 heavy (non-hydrogen) atoms. The third-order valence-electron chi connectivity index (χ3n) is 4.63. The maximum atomic E-state index is 12.7. The van der Waals surface area contributed by atoms with Crippen LogP contribution >= 0.6 is 11.6 Å². The largest absolute Gasteiger partial charge is 0.340 e. The topological polar surface area (TPSA) is 87.5 Å². The van der Waals surface area contributed by atoms with Crippen molar-refractivity contribution in [1.82, 2.24) is 19.8 Å². The lowest BCUT2D eigenvalue weighted by Gasteiger charge is -2.27. The number of hydrogen-bond acceptors (Lipinski definition) is 4. The maximum Gasteiger partial charge on any atom is 0.340 e. The van der Waals surface area contributed by atoms with Crippen LogP contribution in [0, 0.1) is 6.92 Å². The molecule has 2 heterocycles. The SMILES string of the molecule is CC(=O)c1cccc(NC(=O)N2CCCN2C(=O)C=Cc2c(C)nn(C)c2Cl)c1. The Labute approximate surface area is 173 Å². The minimum absolute atomic E-state index is 0.0893. The van der Waals surface area contributed by atoms with E-state index in [9.17, 15) is 14.4 Å². The molecule has 9 heteroatoms. The monoisotopic (exact) mass is 415 g/mol. The van der Waals surface area contributed by atoms with Gasteiger partial charge in [-0.3, -0.25) is 14.3 Å². The molecule has 1 aliphatic rings. The summed E-state index contributed by atoms with van der Waals surface area (Å²) in [7, 11) is 1.72. The van der Waals surface area contributed by atoms with Gasteiger partial charge in [-0.1, -0.05) is 23.7 Å². The molecule has 0 aliphatic carbocycles. The van der Waals surface area contributed by atoms with E-state index in [2.05, 4.69) is 10.4 Å². The summed E-state index contributed by atoms with van der Waals surface area (Å²) in [5.74, 6) is -0.414. The van der Waals surface area contributed by atoms with Crippen molar-refractivity contribution in [3.63, 3.8) is 0 Å². The van der Waals surface area contributed by atoms with Crippen molar-refractivity contribution in [2.45, 2.75) is 20.3 Å². The van der Waals surface area contributed by atoms with Crippen LogP contribution in [-0.4, -0.2) is 50.6 Å². The van der Waals surface area contributed by atoms with E-state index in [1.165, 1.54) is 27.7 Å². The standard InChI is InChI=1S/C20H22ClN5O3/c1-13-17(19(21)24(3)23-13)8-9-18(28)25-10-5-11-26(25)20(29)22-16-7-4-6-15(12-16)14(2)27/h4,6-9,12H,5,10-11H2,1-3H3,(H,22,29). The molecule has 1 fully saturated rings. The Morgan fingerprint density at radius 1 is 1.21 bits per heavy atom. The highest BCUT2D eigenvalue weighted by Gasteiger charge is 2.29. The van der Waals surface area contributed by atoms with Crippen molar-refractivity contribution in [2.75, 3.05) is 18.4 Å². The van der Waals surface area contributed by atoms with Gasteiger partial charge in [0, 0.05) is 43.0 Å². The first kappa shape index (κ1) is 20.6. The second kappa shape index (κ2) is 8.48. The molecular weight excluding hydrogens is 394 g/mol. The maximum absolute atomic E-state index is 12.7. The molecule has 3 amide bonds. The van der Waals surface area contributed by atoms with Crippen molar-refractivity contribution in [3.8, 4) is 0 Å². The molecule has 0 spiro atoms. The molecule has 1 aromatic carbocycles. The van der Waals surface area contributed by atoms with Gasteiger partial charge in [0.25, 0.3) is 5.91 Å². The molecular formula is C20H22ClN5O3. The van der Waals surface area contributed by atoms with Crippen LogP contribution in [0.5, 0.6) is 0 Å². The average Bonchev–Trinajstić information content (AvgIpc) is 3.26. The number of rotatable bonds is 4. The van der Waals surface area contributed by atoms with E-state index in [1.54, 1.807) is 44.3 Å². The van der Waals surface area contributed by atoms with E-state index >= 15 is 0 Å². The number of halogens is 1. The fourth-order valence-electron chi connectivity index (χ4n) is 3.13. The van der Waals surface area contributed by atoms with E-state index < -0.39 is 6.03 Å². The Morgan fingerprint density at radius 3 is 2.59 bits per heavy atom. The second-order valence-corrected chi connectivity index (χ2v) is 7.11. The van der Waals surface area contributed by atoms with Gasteiger partial charge < -0.3 is 5.32 Å². The van der Waals surface area contributed by atoms with Crippen LogP contribution in [0.25, 0.3) is 6.08 Å². The summed E-state index contributed by atoms with van der Waals surface area (Å²) in [6.45, 7) is 4.12. The average molecular weight is 416 g/mol. The van der Waals surface area contributed by atoms with E-state index in [1.807, 2.05) is 0 Å². The third kappa shape index (κ3) is 4.48. The first-order chi connectivity index (χ1) is 13.8. The van der Waals surface area contributed by atoms with Crippen molar-refractivity contribution < 1.29 is 14.4 Å². The lowest BCUT2D eigenvalue weighted by atomic mass is 10.1. The van der Waals surface area contributed by atoms with Gasteiger partial charge in [0.2, 0.25) is 0 Å². The predicted octanol–water partition coefficient (Wildman–Crippen LogP) is 3.28. The van der Waals surface area contributed by atoms with Gasteiger partial charge in [-0.15, -0.1) is 0 Å². The number of anilines is 1. The smallest absolute Gasteiger partial charge is 0.306 e. The Hall–Kier alpha value is -3.13. The van der Waals surface area contributed by atoms with E-state index in [0.717, 1.165) is 0 Å². The highest BCUT2D eigenvalue weighted by molar-refractivity contribution is 6.31. The molecule has 0 saturated carbocycles.